The SMILES string of the molecule is Cc1[nH]ncc1S(=O)(=O)N[C@H](CCO)C(=O)O. The minimum atomic E-state index is -3.95. The van der Waals surface area contributed by atoms with Gasteiger partial charge in [-0.3, -0.25) is 9.89 Å². The molecular weight excluding hydrogens is 250 g/mol. The number of carboxylic acid groups (broad SMARTS) is 1. The van der Waals surface area contributed by atoms with Gasteiger partial charge in [-0.25, -0.2) is 8.42 Å². The van der Waals surface area contributed by atoms with Gasteiger partial charge in [-0.2, -0.15) is 9.82 Å². The average molecular weight is 263 g/mol. The molecule has 96 valence electrons. The first-order valence-electron chi connectivity index (χ1n) is 4.74. The van der Waals surface area contributed by atoms with Crippen molar-refractivity contribution in [1.29, 1.82) is 0 Å². The van der Waals surface area contributed by atoms with Gasteiger partial charge in [-0.15, -0.1) is 0 Å². The number of aliphatic hydroxyl groups excluding tert-OH is 1. The Morgan fingerprint density at radius 2 is 2.29 bits per heavy atom. The van der Waals surface area contributed by atoms with Crippen LogP contribution in [0.1, 0.15) is 12.1 Å². The number of nitrogens with one attached hydrogen (secondary N) is 2. The van der Waals surface area contributed by atoms with E-state index in [-0.39, 0.29) is 11.3 Å². The molecule has 1 aromatic heterocycles. The number of sulfonamides is 1. The summed E-state index contributed by atoms with van der Waals surface area (Å²) in [5.41, 5.74) is 0.311. The lowest BCUT2D eigenvalue weighted by atomic mass is 10.2. The maximum atomic E-state index is 11.8. The summed E-state index contributed by atoms with van der Waals surface area (Å²) in [7, 11) is -3.95. The molecular formula is C8H13N3O5S. The topological polar surface area (TPSA) is 132 Å². The van der Waals surface area contributed by atoms with Crippen molar-refractivity contribution < 1.29 is 23.4 Å². The number of aliphatic hydroxyl groups is 1. The molecule has 17 heavy (non-hydrogen) atoms. The van der Waals surface area contributed by atoms with Gasteiger partial charge in [0.2, 0.25) is 10.0 Å². The average Bonchev–Trinajstić information content (AvgIpc) is 2.64. The largest absolute Gasteiger partial charge is 0.480 e. The number of aliphatic carboxylic acids is 1. The number of carbonyl (C=O) groups is 1. The Bertz CT molecular complexity index is 495. The zero-order chi connectivity index (χ0) is 13.1. The van der Waals surface area contributed by atoms with Crippen LogP contribution in [0.5, 0.6) is 0 Å². The zero-order valence-electron chi connectivity index (χ0n) is 9.04. The van der Waals surface area contributed by atoms with Crippen LogP contribution in [0.3, 0.4) is 0 Å². The molecule has 0 amide bonds. The fourth-order valence-corrected chi connectivity index (χ4v) is 2.58. The highest BCUT2D eigenvalue weighted by Gasteiger charge is 2.26. The lowest BCUT2D eigenvalue weighted by Gasteiger charge is -2.12. The van der Waals surface area contributed by atoms with Gasteiger partial charge in [-0.1, -0.05) is 0 Å². The molecule has 4 N–H and O–H groups in total. The number of hydrogen-bond acceptors (Lipinski definition) is 5. The summed E-state index contributed by atoms with van der Waals surface area (Å²) in [5.74, 6) is -1.34. The number of H-pyrrole nitrogens is 1. The van der Waals surface area contributed by atoms with E-state index < -0.39 is 28.6 Å². The second-order valence-corrected chi connectivity index (χ2v) is 5.07. The molecule has 0 spiro atoms. The van der Waals surface area contributed by atoms with Crippen molar-refractivity contribution in [1.82, 2.24) is 14.9 Å². The van der Waals surface area contributed by atoms with Gasteiger partial charge >= 0.3 is 5.97 Å². The Morgan fingerprint density at radius 1 is 1.65 bits per heavy atom. The van der Waals surface area contributed by atoms with Gasteiger partial charge in [-0.05, 0) is 13.3 Å². The molecule has 8 nitrogen and oxygen atoms in total. The standard InChI is InChI=1S/C8H13N3O5S/c1-5-7(4-9-10-5)17(15,16)11-6(2-3-12)8(13)14/h4,6,11-12H,2-3H2,1H3,(H,9,10)(H,13,14)/t6-/m1/s1. The first-order valence-corrected chi connectivity index (χ1v) is 6.22. The molecule has 0 aliphatic carbocycles. The Morgan fingerprint density at radius 3 is 2.71 bits per heavy atom. The predicted octanol–water partition coefficient (Wildman–Crippen LogP) is -1.17. The highest BCUT2D eigenvalue weighted by atomic mass is 32.2. The van der Waals surface area contributed by atoms with Crippen molar-refractivity contribution >= 4 is 16.0 Å². The smallest absolute Gasteiger partial charge is 0.321 e. The molecule has 0 aromatic carbocycles. The summed E-state index contributed by atoms with van der Waals surface area (Å²) in [6.45, 7) is 1.08. The van der Waals surface area contributed by atoms with Crippen LogP contribution in [0.25, 0.3) is 0 Å². The van der Waals surface area contributed by atoms with Crippen molar-refractivity contribution in [2.75, 3.05) is 6.61 Å². The third-order valence-corrected chi connectivity index (χ3v) is 3.67. The van der Waals surface area contributed by atoms with Gasteiger partial charge in [0.05, 0.1) is 11.9 Å². The fraction of sp³-hybridized carbons (Fsp3) is 0.500. The zero-order valence-corrected chi connectivity index (χ0v) is 9.86. The van der Waals surface area contributed by atoms with Gasteiger partial charge < -0.3 is 10.2 Å². The molecule has 0 fully saturated rings. The Balaban J connectivity index is 2.93. The van der Waals surface area contributed by atoms with Gasteiger partial charge in [0.1, 0.15) is 10.9 Å². The molecule has 1 atom stereocenters. The Kier molecular flexibility index (Phi) is 4.21. The van der Waals surface area contributed by atoms with Crippen molar-refractivity contribution in [2.24, 2.45) is 0 Å². The second kappa shape index (κ2) is 5.25. The molecule has 0 saturated carbocycles. The summed E-state index contributed by atoms with van der Waals surface area (Å²) in [4.78, 5) is 10.7. The predicted molar refractivity (Wildman–Crippen MR) is 56.8 cm³/mol. The van der Waals surface area contributed by atoms with Gasteiger partial charge in [0, 0.05) is 6.61 Å². The van der Waals surface area contributed by atoms with E-state index in [0.717, 1.165) is 6.20 Å². The third kappa shape index (κ3) is 3.25. The quantitative estimate of drug-likeness (QED) is 0.511. The lowest BCUT2D eigenvalue weighted by molar-refractivity contribution is -0.139. The first-order chi connectivity index (χ1) is 7.88. The minimum Gasteiger partial charge on any atom is -0.480 e. The lowest BCUT2D eigenvalue weighted by Crippen LogP contribution is -2.41. The number of hydrogen-bond donors (Lipinski definition) is 4. The van der Waals surface area contributed by atoms with Crippen LogP contribution < -0.4 is 4.72 Å². The molecule has 1 aromatic rings. The molecule has 9 heteroatoms. The van der Waals surface area contributed by atoms with E-state index in [1.807, 2.05) is 4.72 Å². The summed E-state index contributed by atoms with van der Waals surface area (Å²) in [5, 5.41) is 23.4. The van der Waals surface area contributed by atoms with E-state index >= 15 is 0 Å². The van der Waals surface area contributed by atoms with E-state index in [1.54, 1.807) is 0 Å². The molecule has 0 aliphatic rings. The van der Waals surface area contributed by atoms with Gasteiger partial charge in [0.25, 0.3) is 0 Å². The molecule has 1 rings (SSSR count). The van der Waals surface area contributed by atoms with E-state index in [1.165, 1.54) is 6.92 Å². The number of rotatable bonds is 6. The molecule has 0 saturated heterocycles. The van der Waals surface area contributed by atoms with Crippen molar-refractivity contribution in [3.63, 3.8) is 0 Å². The van der Waals surface area contributed by atoms with Crippen LogP contribution in [-0.4, -0.2) is 47.4 Å². The third-order valence-electron chi connectivity index (χ3n) is 2.09. The fourth-order valence-electron chi connectivity index (χ4n) is 1.22. The molecule has 0 aliphatic heterocycles. The highest BCUT2D eigenvalue weighted by Crippen LogP contribution is 2.12. The van der Waals surface area contributed by atoms with Crippen LogP contribution >= 0.6 is 0 Å². The number of nitrogens with zero attached hydrogens (tertiary/aromatic N) is 1. The maximum Gasteiger partial charge on any atom is 0.321 e. The summed E-state index contributed by atoms with van der Waals surface area (Å²) < 4.78 is 25.6. The van der Waals surface area contributed by atoms with Crippen molar-refractivity contribution in [3.8, 4) is 0 Å². The second-order valence-electron chi connectivity index (χ2n) is 3.38. The number of aromatic amines is 1. The van der Waals surface area contributed by atoms with Crippen LogP contribution in [0.2, 0.25) is 0 Å². The van der Waals surface area contributed by atoms with Crippen LogP contribution in [0.15, 0.2) is 11.1 Å². The number of carboxylic acids is 1. The van der Waals surface area contributed by atoms with E-state index in [9.17, 15) is 13.2 Å². The Hall–Kier alpha value is -1.45. The van der Waals surface area contributed by atoms with Crippen LogP contribution in [0.4, 0.5) is 0 Å². The molecule has 0 radical (unpaired) electrons. The highest BCUT2D eigenvalue weighted by molar-refractivity contribution is 7.89. The molecule has 0 bridgehead atoms. The molecule has 1 heterocycles. The van der Waals surface area contributed by atoms with Crippen LogP contribution in [0, 0.1) is 6.92 Å². The summed E-state index contributed by atoms with van der Waals surface area (Å²) >= 11 is 0. The minimum absolute atomic E-state index is 0.110. The van der Waals surface area contributed by atoms with E-state index in [0.29, 0.717) is 5.69 Å². The van der Waals surface area contributed by atoms with Crippen LogP contribution in [-0.2, 0) is 14.8 Å². The van der Waals surface area contributed by atoms with Crippen molar-refractivity contribution in [2.45, 2.75) is 24.3 Å². The summed E-state index contributed by atoms with van der Waals surface area (Å²) in [6.07, 6.45) is 0.890. The normalized spacial score (nSPS) is 13.5. The molecule has 0 unspecified atom stereocenters. The van der Waals surface area contributed by atoms with E-state index in [2.05, 4.69) is 10.2 Å². The summed E-state index contributed by atoms with van der Waals surface area (Å²) in [6, 6.07) is -1.36. The number of aromatic nitrogens is 2. The maximum absolute atomic E-state index is 11.8. The first kappa shape index (κ1) is 13.6. The van der Waals surface area contributed by atoms with Crippen molar-refractivity contribution in [3.05, 3.63) is 11.9 Å². The Labute approximate surface area is 97.7 Å². The van der Waals surface area contributed by atoms with Gasteiger partial charge in [0.15, 0.2) is 0 Å². The monoisotopic (exact) mass is 263 g/mol. The number of aryl methyl sites for hydroxylation is 1. The van der Waals surface area contributed by atoms with E-state index in [4.69, 9.17) is 10.2 Å².